The molecule has 0 bridgehead atoms. The fourth-order valence-electron chi connectivity index (χ4n) is 0.984. The Morgan fingerprint density at radius 1 is 1.31 bits per heavy atom. The summed E-state index contributed by atoms with van der Waals surface area (Å²) in [6.07, 6.45) is 0.937. The zero-order valence-electron chi connectivity index (χ0n) is 7.31. The number of nitrogens with one attached hydrogen (secondary N) is 1. The Balaban J connectivity index is 0.00000144. The van der Waals surface area contributed by atoms with Crippen molar-refractivity contribution in [3.63, 3.8) is 0 Å². The topological polar surface area (TPSA) is 12.0 Å². The number of halogens is 3. The predicted molar refractivity (Wildman–Crippen MR) is 61.3 cm³/mol. The van der Waals surface area contributed by atoms with E-state index >= 15 is 0 Å². The summed E-state index contributed by atoms with van der Waals surface area (Å²) in [7, 11) is 1.92. The Bertz CT molecular complexity index is 263. The maximum Gasteiger partial charge on any atom is 0.0453 e. The van der Waals surface area contributed by atoms with Crippen LogP contribution < -0.4 is 5.32 Å². The summed E-state index contributed by atoms with van der Waals surface area (Å²) in [4.78, 5) is 0. The third-order valence-corrected chi connectivity index (χ3v) is 2.25. The fraction of sp³-hybridized carbons (Fsp3) is 0.333. The zero-order valence-corrected chi connectivity index (χ0v) is 9.64. The van der Waals surface area contributed by atoms with Gasteiger partial charge in [0.05, 0.1) is 0 Å². The van der Waals surface area contributed by atoms with Crippen LogP contribution in [-0.2, 0) is 6.42 Å². The van der Waals surface area contributed by atoms with Crippen molar-refractivity contribution in [3.05, 3.63) is 33.8 Å². The third-order valence-electron chi connectivity index (χ3n) is 1.66. The van der Waals surface area contributed by atoms with Crippen molar-refractivity contribution in [3.8, 4) is 0 Å². The summed E-state index contributed by atoms with van der Waals surface area (Å²) in [6.45, 7) is 0.932. The van der Waals surface area contributed by atoms with E-state index in [-0.39, 0.29) is 12.4 Å². The lowest BCUT2D eigenvalue weighted by molar-refractivity contribution is 0.792. The van der Waals surface area contributed by atoms with Crippen LogP contribution in [0.4, 0.5) is 0 Å². The monoisotopic (exact) mass is 239 g/mol. The van der Waals surface area contributed by atoms with E-state index in [1.165, 1.54) is 0 Å². The summed E-state index contributed by atoms with van der Waals surface area (Å²) in [5.41, 5.74) is 1.13. The second-order valence-corrected chi connectivity index (χ2v) is 3.43. The molecule has 0 aliphatic carbocycles. The molecule has 0 radical (unpaired) electrons. The molecule has 0 aliphatic rings. The molecule has 0 saturated heterocycles. The summed E-state index contributed by atoms with van der Waals surface area (Å²) in [5, 5.41) is 4.50. The highest BCUT2D eigenvalue weighted by Gasteiger charge is 1.99. The van der Waals surface area contributed by atoms with Gasteiger partial charge in [-0.15, -0.1) is 12.4 Å². The van der Waals surface area contributed by atoms with E-state index in [4.69, 9.17) is 23.2 Å². The number of hydrogen-bond acceptors (Lipinski definition) is 1. The highest BCUT2D eigenvalue weighted by molar-refractivity contribution is 6.35. The molecule has 1 N–H and O–H groups in total. The van der Waals surface area contributed by atoms with Crippen molar-refractivity contribution in [2.75, 3.05) is 13.6 Å². The number of likely N-dealkylation sites (N-methyl/N-ethyl adjacent to an activating group) is 1. The molecule has 13 heavy (non-hydrogen) atoms. The molecule has 0 aliphatic heterocycles. The van der Waals surface area contributed by atoms with Crippen LogP contribution in [0, 0.1) is 0 Å². The molecule has 1 aromatic carbocycles. The molecule has 0 spiro atoms. The third kappa shape index (κ3) is 4.19. The van der Waals surface area contributed by atoms with Crippen LogP contribution in [0.5, 0.6) is 0 Å². The first-order valence-electron chi connectivity index (χ1n) is 3.82. The van der Waals surface area contributed by atoms with E-state index in [0.717, 1.165) is 23.6 Å². The minimum absolute atomic E-state index is 0. The van der Waals surface area contributed by atoms with Crippen LogP contribution in [0.25, 0.3) is 0 Å². The van der Waals surface area contributed by atoms with E-state index < -0.39 is 0 Å². The van der Waals surface area contributed by atoms with Gasteiger partial charge in [0.25, 0.3) is 0 Å². The average molecular weight is 241 g/mol. The minimum atomic E-state index is 0. The van der Waals surface area contributed by atoms with Crippen molar-refractivity contribution >= 4 is 35.6 Å². The van der Waals surface area contributed by atoms with Crippen molar-refractivity contribution in [1.82, 2.24) is 5.32 Å². The van der Waals surface area contributed by atoms with Gasteiger partial charge < -0.3 is 5.32 Å². The highest BCUT2D eigenvalue weighted by atomic mass is 35.5. The highest BCUT2D eigenvalue weighted by Crippen LogP contribution is 2.20. The standard InChI is InChI=1S/C9H11Cl2N.ClH/c1-12-5-4-7-2-3-8(10)6-9(7)11;/h2-3,6,12H,4-5H2,1H3;1H. The summed E-state index contributed by atoms with van der Waals surface area (Å²) in [6, 6.07) is 5.59. The molecule has 0 atom stereocenters. The lowest BCUT2D eigenvalue weighted by Gasteiger charge is -2.03. The molecular weight excluding hydrogens is 228 g/mol. The quantitative estimate of drug-likeness (QED) is 0.856. The van der Waals surface area contributed by atoms with Crippen LogP contribution in [0.1, 0.15) is 5.56 Å². The van der Waals surface area contributed by atoms with Crippen LogP contribution in [-0.4, -0.2) is 13.6 Å². The molecule has 0 heterocycles. The SMILES string of the molecule is CNCCc1ccc(Cl)cc1Cl.Cl. The molecular formula is C9H12Cl3N. The van der Waals surface area contributed by atoms with Crippen LogP contribution >= 0.6 is 35.6 Å². The smallest absolute Gasteiger partial charge is 0.0453 e. The first kappa shape index (κ1) is 13.1. The molecule has 1 aromatic rings. The van der Waals surface area contributed by atoms with Crippen LogP contribution in [0.2, 0.25) is 10.0 Å². The van der Waals surface area contributed by atoms with Gasteiger partial charge in [0, 0.05) is 10.0 Å². The Hall–Kier alpha value is 0.0500. The van der Waals surface area contributed by atoms with Gasteiger partial charge in [-0.25, -0.2) is 0 Å². The van der Waals surface area contributed by atoms with Gasteiger partial charge in [0.2, 0.25) is 0 Å². The van der Waals surface area contributed by atoms with Gasteiger partial charge in [0.1, 0.15) is 0 Å². The van der Waals surface area contributed by atoms with E-state index in [1.54, 1.807) is 6.07 Å². The first-order chi connectivity index (χ1) is 5.74. The number of benzene rings is 1. The van der Waals surface area contributed by atoms with Gasteiger partial charge in [-0.05, 0) is 37.7 Å². The Morgan fingerprint density at radius 2 is 2.00 bits per heavy atom. The molecule has 0 aromatic heterocycles. The summed E-state index contributed by atoms with van der Waals surface area (Å²) in [5.74, 6) is 0. The fourth-order valence-corrected chi connectivity index (χ4v) is 1.49. The summed E-state index contributed by atoms with van der Waals surface area (Å²) < 4.78 is 0. The van der Waals surface area contributed by atoms with Gasteiger partial charge in [0.15, 0.2) is 0 Å². The maximum atomic E-state index is 5.95. The van der Waals surface area contributed by atoms with Crippen LogP contribution in [0.3, 0.4) is 0 Å². The first-order valence-corrected chi connectivity index (χ1v) is 4.58. The van der Waals surface area contributed by atoms with E-state index in [1.807, 2.05) is 19.2 Å². The van der Waals surface area contributed by atoms with Gasteiger partial charge >= 0.3 is 0 Å². The lowest BCUT2D eigenvalue weighted by Crippen LogP contribution is -2.10. The molecule has 74 valence electrons. The largest absolute Gasteiger partial charge is 0.319 e. The summed E-state index contributed by atoms with van der Waals surface area (Å²) >= 11 is 11.7. The molecule has 0 amide bonds. The second-order valence-electron chi connectivity index (χ2n) is 2.59. The molecule has 0 unspecified atom stereocenters. The predicted octanol–water partition coefficient (Wildman–Crippen LogP) is 3.18. The lowest BCUT2D eigenvalue weighted by atomic mass is 10.1. The van der Waals surface area contributed by atoms with Gasteiger partial charge in [-0.3, -0.25) is 0 Å². The van der Waals surface area contributed by atoms with Crippen molar-refractivity contribution in [2.24, 2.45) is 0 Å². The van der Waals surface area contributed by atoms with E-state index in [9.17, 15) is 0 Å². The second kappa shape index (κ2) is 6.50. The number of rotatable bonds is 3. The Labute approximate surface area is 94.8 Å². The Morgan fingerprint density at radius 3 is 2.54 bits per heavy atom. The van der Waals surface area contributed by atoms with Crippen molar-refractivity contribution in [2.45, 2.75) is 6.42 Å². The van der Waals surface area contributed by atoms with Crippen molar-refractivity contribution < 1.29 is 0 Å². The van der Waals surface area contributed by atoms with Gasteiger partial charge in [-0.2, -0.15) is 0 Å². The molecule has 1 rings (SSSR count). The zero-order chi connectivity index (χ0) is 8.97. The van der Waals surface area contributed by atoms with E-state index in [2.05, 4.69) is 5.32 Å². The molecule has 0 saturated carbocycles. The number of hydrogen-bond donors (Lipinski definition) is 1. The molecule has 0 fully saturated rings. The van der Waals surface area contributed by atoms with Crippen molar-refractivity contribution in [1.29, 1.82) is 0 Å². The minimum Gasteiger partial charge on any atom is -0.319 e. The molecule has 4 heteroatoms. The average Bonchev–Trinajstić information content (AvgIpc) is 2.03. The molecule has 1 nitrogen and oxygen atoms in total. The van der Waals surface area contributed by atoms with Gasteiger partial charge in [-0.1, -0.05) is 29.3 Å². The Kier molecular flexibility index (Phi) is 6.52. The van der Waals surface area contributed by atoms with Crippen LogP contribution in [0.15, 0.2) is 18.2 Å². The van der Waals surface area contributed by atoms with E-state index in [0.29, 0.717) is 5.02 Å². The maximum absolute atomic E-state index is 5.95. The normalized spacial score (nSPS) is 9.46.